The molecule has 0 aliphatic rings. The van der Waals surface area contributed by atoms with Crippen molar-refractivity contribution in [1.29, 1.82) is 0 Å². The summed E-state index contributed by atoms with van der Waals surface area (Å²) in [6, 6.07) is 6.62. The zero-order chi connectivity index (χ0) is 16.8. The molecule has 0 saturated heterocycles. The predicted octanol–water partition coefficient (Wildman–Crippen LogP) is 3.27. The number of hydrogen-bond acceptors (Lipinski definition) is 5. The van der Waals surface area contributed by atoms with E-state index >= 15 is 0 Å². The van der Waals surface area contributed by atoms with Crippen LogP contribution in [0.3, 0.4) is 0 Å². The summed E-state index contributed by atoms with van der Waals surface area (Å²) in [4.78, 5) is 13.7. The average Bonchev–Trinajstić information content (AvgIpc) is 3.00. The molecule has 0 bridgehead atoms. The molecular weight excluding hydrogens is 377 g/mol. The first kappa shape index (κ1) is 20.6. The van der Waals surface area contributed by atoms with Crippen LogP contribution < -0.4 is 10.1 Å². The van der Waals surface area contributed by atoms with E-state index in [9.17, 15) is 4.79 Å². The van der Waals surface area contributed by atoms with Gasteiger partial charge in [0.15, 0.2) is 17.2 Å². The first-order valence-electron chi connectivity index (χ1n) is 6.95. The van der Waals surface area contributed by atoms with Gasteiger partial charge < -0.3 is 19.5 Å². The van der Waals surface area contributed by atoms with Crippen molar-refractivity contribution in [2.75, 3.05) is 27.2 Å². The summed E-state index contributed by atoms with van der Waals surface area (Å²) in [5.41, 5.74) is 0.229. The number of benzene rings is 1. The molecule has 2 aromatic rings. The Morgan fingerprint density at radius 1 is 1.38 bits per heavy atom. The number of ether oxygens (including phenoxy) is 1. The Labute approximate surface area is 156 Å². The van der Waals surface area contributed by atoms with Crippen LogP contribution in [0.2, 0.25) is 10.0 Å². The van der Waals surface area contributed by atoms with E-state index in [4.69, 9.17) is 32.5 Å². The summed E-state index contributed by atoms with van der Waals surface area (Å²) in [7, 11) is 3.53. The molecule has 24 heavy (non-hydrogen) atoms. The van der Waals surface area contributed by atoms with Crippen LogP contribution in [0.5, 0.6) is 5.75 Å². The number of carbonyl (C=O) groups excluding carboxylic acids is 1. The van der Waals surface area contributed by atoms with Gasteiger partial charge in [0.1, 0.15) is 6.61 Å². The Morgan fingerprint density at radius 3 is 2.67 bits per heavy atom. The molecular formula is C15H18Cl3N3O3. The largest absolute Gasteiger partial charge is 0.482 e. The van der Waals surface area contributed by atoms with E-state index in [1.54, 1.807) is 36.2 Å². The minimum Gasteiger partial charge on any atom is -0.482 e. The summed E-state index contributed by atoms with van der Waals surface area (Å²) < 4.78 is 10.7. The van der Waals surface area contributed by atoms with Crippen molar-refractivity contribution in [1.82, 2.24) is 15.4 Å². The lowest BCUT2D eigenvalue weighted by molar-refractivity contribution is 0.0786. The number of nitrogens with zero attached hydrogens (tertiary/aromatic N) is 2. The highest BCUT2D eigenvalue weighted by atomic mass is 35.5. The number of amides is 1. The van der Waals surface area contributed by atoms with Crippen molar-refractivity contribution in [2.45, 2.75) is 6.61 Å². The van der Waals surface area contributed by atoms with Gasteiger partial charge in [-0.2, -0.15) is 0 Å². The molecule has 0 spiro atoms. The molecule has 0 fully saturated rings. The van der Waals surface area contributed by atoms with Gasteiger partial charge in [-0.15, -0.1) is 12.4 Å². The van der Waals surface area contributed by atoms with Crippen molar-refractivity contribution < 1.29 is 14.1 Å². The normalized spacial score (nSPS) is 10.2. The fourth-order valence-electron chi connectivity index (χ4n) is 1.82. The van der Waals surface area contributed by atoms with Gasteiger partial charge >= 0.3 is 0 Å². The third kappa shape index (κ3) is 5.27. The molecule has 2 rings (SSSR count). The van der Waals surface area contributed by atoms with E-state index in [2.05, 4.69) is 10.5 Å². The van der Waals surface area contributed by atoms with Gasteiger partial charge in [0.05, 0.1) is 10.0 Å². The highest BCUT2D eigenvalue weighted by molar-refractivity contribution is 6.37. The Balaban J connectivity index is 0.00000288. The molecule has 0 radical (unpaired) electrons. The minimum absolute atomic E-state index is 0. The summed E-state index contributed by atoms with van der Waals surface area (Å²) in [5.74, 6) is 0.559. The molecule has 1 amide bonds. The number of likely N-dealkylation sites (N-methyl/N-ethyl adjacent to an activating group) is 2. The number of carbonyl (C=O) groups is 1. The Bertz CT molecular complexity index is 659. The third-order valence-corrected chi connectivity index (χ3v) is 3.69. The zero-order valence-electron chi connectivity index (χ0n) is 13.2. The third-order valence-electron chi connectivity index (χ3n) is 3.10. The van der Waals surface area contributed by atoms with Crippen LogP contribution in [0.25, 0.3) is 0 Å². The van der Waals surface area contributed by atoms with Gasteiger partial charge in [0.25, 0.3) is 5.91 Å². The number of hydrogen-bond donors (Lipinski definition) is 1. The molecule has 0 unspecified atom stereocenters. The second kappa shape index (κ2) is 9.74. The number of nitrogens with one attached hydrogen (secondary N) is 1. The lowest BCUT2D eigenvalue weighted by atomic mass is 10.3. The highest BCUT2D eigenvalue weighted by Crippen LogP contribution is 2.32. The summed E-state index contributed by atoms with van der Waals surface area (Å²) >= 11 is 12.0. The molecule has 0 saturated carbocycles. The van der Waals surface area contributed by atoms with E-state index in [0.717, 1.165) is 0 Å². The zero-order valence-corrected chi connectivity index (χ0v) is 15.5. The Morgan fingerprint density at radius 2 is 2.04 bits per heavy atom. The van der Waals surface area contributed by atoms with E-state index < -0.39 is 0 Å². The number of aromatic nitrogens is 1. The molecule has 0 aliphatic carbocycles. The van der Waals surface area contributed by atoms with Crippen LogP contribution in [0.1, 0.15) is 16.2 Å². The van der Waals surface area contributed by atoms with Gasteiger partial charge in [-0.05, 0) is 19.2 Å². The minimum atomic E-state index is -0.217. The van der Waals surface area contributed by atoms with E-state index in [0.29, 0.717) is 34.6 Å². The number of halogens is 3. The van der Waals surface area contributed by atoms with Crippen LogP contribution in [-0.2, 0) is 6.61 Å². The maximum Gasteiger partial charge on any atom is 0.275 e. The summed E-state index contributed by atoms with van der Waals surface area (Å²) in [6.45, 7) is 1.34. The first-order valence-corrected chi connectivity index (χ1v) is 7.71. The van der Waals surface area contributed by atoms with Crippen molar-refractivity contribution in [2.24, 2.45) is 0 Å². The lowest BCUT2D eigenvalue weighted by Gasteiger charge is -2.14. The van der Waals surface area contributed by atoms with Crippen molar-refractivity contribution in [3.8, 4) is 5.75 Å². The fraction of sp³-hybridized carbons (Fsp3) is 0.333. The predicted molar refractivity (Wildman–Crippen MR) is 95.4 cm³/mol. The summed E-state index contributed by atoms with van der Waals surface area (Å²) in [6.07, 6.45) is 0. The maximum atomic E-state index is 12.1. The van der Waals surface area contributed by atoms with Gasteiger partial charge in [-0.25, -0.2) is 0 Å². The van der Waals surface area contributed by atoms with E-state index in [-0.39, 0.29) is 30.6 Å². The van der Waals surface area contributed by atoms with Crippen molar-refractivity contribution in [3.63, 3.8) is 0 Å². The molecule has 9 heteroatoms. The monoisotopic (exact) mass is 393 g/mol. The Kier molecular flexibility index (Phi) is 8.35. The smallest absolute Gasteiger partial charge is 0.275 e. The van der Waals surface area contributed by atoms with Crippen LogP contribution in [0.15, 0.2) is 28.8 Å². The fourth-order valence-corrected chi connectivity index (χ4v) is 2.33. The van der Waals surface area contributed by atoms with E-state index in [1.165, 1.54) is 0 Å². The average molecular weight is 395 g/mol. The van der Waals surface area contributed by atoms with Crippen LogP contribution >= 0.6 is 35.6 Å². The Hall–Kier alpha value is -1.47. The highest BCUT2D eigenvalue weighted by Gasteiger charge is 2.17. The summed E-state index contributed by atoms with van der Waals surface area (Å²) in [5, 5.41) is 7.55. The van der Waals surface area contributed by atoms with Crippen molar-refractivity contribution in [3.05, 3.63) is 45.8 Å². The molecule has 1 aromatic heterocycles. The molecule has 6 nitrogen and oxygen atoms in total. The standard InChI is InChI=1S/C15H17Cl2N3O3.ClH/c1-18-6-7-20(2)15(21)13-8-10(23-19-13)9-22-14-11(16)4-3-5-12(14)17;/h3-5,8,18H,6-7,9H2,1-2H3;1H. The molecule has 0 aliphatic heterocycles. The van der Waals surface area contributed by atoms with Gasteiger partial charge in [-0.1, -0.05) is 34.4 Å². The molecule has 1 heterocycles. The topological polar surface area (TPSA) is 67.6 Å². The molecule has 0 atom stereocenters. The maximum absolute atomic E-state index is 12.1. The number of rotatable bonds is 7. The number of para-hydroxylation sites is 1. The van der Waals surface area contributed by atoms with Gasteiger partial charge in [-0.3, -0.25) is 4.79 Å². The van der Waals surface area contributed by atoms with Crippen LogP contribution in [0, 0.1) is 0 Å². The van der Waals surface area contributed by atoms with Crippen LogP contribution in [0.4, 0.5) is 0 Å². The van der Waals surface area contributed by atoms with Gasteiger partial charge in [0, 0.05) is 26.2 Å². The molecule has 1 aromatic carbocycles. The van der Waals surface area contributed by atoms with Crippen LogP contribution in [-0.4, -0.2) is 43.1 Å². The van der Waals surface area contributed by atoms with Crippen molar-refractivity contribution >= 4 is 41.5 Å². The first-order chi connectivity index (χ1) is 11.0. The second-order valence-corrected chi connectivity index (χ2v) is 5.66. The second-order valence-electron chi connectivity index (χ2n) is 4.85. The quantitative estimate of drug-likeness (QED) is 0.780. The lowest BCUT2D eigenvalue weighted by Crippen LogP contribution is -2.32. The molecule has 132 valence electrons. The molecule has 1 N–H and O–H groups in total. The van der Waals surface area contributed by atoms with E-state index in [1.807, 2.05) is 7.05 Å². The van der Waals surface area contributed by atoms with Gasteiger partial charge in [0.2, 0.25) is 0 Å². The SMILES string of the molecule is CNCCN(C)C(=O)c1cc(COc2c(Cl)cccc2Cl)on1.Cl.